The molecule has 1 N–H and O–H groups in total. The van der Waals surface area contributed by atoms with Crippen LogP contribution in [0, 0.1) is 22.7 Å². The maximum absolute atomic E-state index is 13.5. The molecule has 4 rings (SSSR count). The number of anilines is 1. The van der Waals surface area contributed by atoms with Crippen molar-refractivity contribution in [2.75, 3.05) is 10.8 Å². The molecule has 0 radical (unpaired) electrons. The minimum atomic E-state index is -3.94. The predicted octanol–water partition coefficient (Wildman–Crippen LogP) is 2.85. The molecule has 2 unspecified atom stereocenters. The minimum absolute atomic E-state index is 0.0126. The number of hydrogen-bond acceptors (Lipinski definition) is 6. The van der Waals surface area contributed by atoms with Crippen LogP contribution in [0.1, 0.15) is 24.0 Å². The normalized spacial score (nSPS) is 23.1. The molecule has 0 saturated carbocycles. The fourth-order valence-electron chi connectivity index (χ4n) is 3.64. The maximum atomic E-state index is 13.5. The second-order valence-electron chi connectivity index (χ2n) is 6.22. The van der Waals surface area contributed by atoms with Crippen LogP contribution < -0.4 is 4.31 Å². The van der Waals surface area contributed by atoms with Crippen molar-refractivity contribution in [2.24, 2.45) is 5.92 Å². The van der Waals surface area contributed by atoms with Gasteiger partial charge in [0.1, 0.15) is 10.8 Å². The molecule has 3 heterocycles. The van der Waals surface area contributed by atoms with Crippen LogP contribution in [0.2, 0.25) is 0 Å². The molecule has 0 aliphatic carbocycles. The highest BCUT2D eigenvalue weighted by Crippen LogP contribution is 2.50. The summed E-state index contributed by atoms with van der Waals surface area (Å²) < 4.78 is 33.9. The Morgan fingerprint density at radius 3 is 2.74 bits per heavy atom. The zero-order valence-electron chi connectivity index (χ0n) is 14.5. The van der Waals surface area contributed by atoms with E-state index in [1.807, 2.05) is 6.07 Å². The zero-order valence-corrected chi connectivity index (χ0v) is 15.3. The van der Waals surface area contributed by atoms with Crippen molar-refractivity contribution in [3.05, 3.63) is 64.8 Å². The predicted molar refractivity (Wildman–Crippen MR) is 100 cm³/mol. The number of allylic oxidation sites excluding steroid dienone is 1. The molecule has 2 atom stereocenters. The van der Waals surface area contributed by atoms with Crippen molar-refractivity contribution >= 4 is 27.4 Å². The average Bonchev–Trinajstić information content (AvgIpc) is 2.68. The van der Waals surface area contributed by atoms with E-state index in [9.17, 15) is 13.7 Å². The topological polar surface area (TPSA) is 107 Å². The van der Waals surface area contributed by atoms with Gasteiger partial charge in [0.15, 0.2) is 5.76 Å². The molecule has 0 bridgehead atoms. The zero-order chi connectivity index (χ0) is 19.2. The number of nitrogens with one attached hydrogen (secondary N) is 1. The van der Waals surface area contributed by atoms with E-state index in [2.05, 4.69) is 4.98 Å². The van der Waals surface area contributed by atoms with E-state index in [0.717, 1.165) is 0 Å². The van der Waals surface area contributed by atoms with E-state index in [0.29, 0.717) is 16.8 Å². The van der Waals surface area contributed by atoms with Gasteiger partial charge < -0.3 is 4.74 Å². The van der Waals surface area contributed by atoms with E-state index >= 15 is 0 Å². The number of pyridine rings is 1. The first-order valence-corrected chi connectivity index (χ1v) is 9.86. The lowest BCUT2D eigenvalue weighted by Gasteiger charge is -2.39. The number of para-hydroxylation sites is 1. The lowest BCUT2D eigenvalue weighted by atomic mass is 9.84. The number of aromatic nitrogens is 1. The molecular weight excluding hydrogens is 364 g/mol. The van der Waals surface area contributed by atoms with Crippen LogP contribution in [0.4, 0.5) is 5.69 Å². The molecule has 7 nitrogen and oxygen atoms in total. The molecule has 0 amide bonds. The van der Waals surface area contributed by atoms with Crippen LogP contribution in [0.3, 0.4) is 0 Å². The van der Waals surface area contributed by atoms with E-state index in [-0.39, 0.29) is 23.1 Å². The van der Waals surface area contributed by atoms with E-state index in [1.165, 1.54) is 10.5 Å². The number of sulfonamides is 1. The fourth-order valence-corrected chi connectivity index (χ4v) is 5.62. The first-order valence-electron chi connectivity index (χ1n) is 8.42. The molecule has 2 aliphatic heterocycles. The van der Waals surface area contributed by atoms with Gasteiger partial charge >= 0.3 is 0 Å². The molecule has 136 valence electrons. The summed E-state index contributed by atoms with van der Waals surface area (Å²) in [4.78, 5) is 4.08. The number of benzene rings is 1. The Hall–Kier alpha value is -3.18. The number of fused-ring (bicyclic) bond motifs is 2. The summed E-state index contributed by atoms with van der Waals surface area (Å²) in [5.41, 5.74) is 1.66. The summed E-state index contributed by atoms with van der Waals surface area (Å²) in [6.07, 6.45) is 3.11. The third-order valence-electron chi connectivity index (χ3n) is 4.79. The van der Waals surface area contributed by atoms with Crippen LogP contribution in [-0.4, -0.2) is 25.8 Å². The number of ether oxygens (including phenoxy) is 1. The molecule has 0 fully saturated rings. The van der Waals surface area contributed by atoms with Gasteiger partial charge in [-0.1, -0.05) is 18.2 Å². The first kappa shape index (κ1) is 17.2. The van der Waals surface area contributed by atoms with E-state index in [1.54, 1.807) is 49.5 Å². The van der Waals surface area contributed by atoms with Gasteiger partial charge in [-0.25, -0.2) is 8.42 Å². The third-order valence-corrected chi connectivity index (χ3v) is 6.82. The Kier molecular flexibility index (Phi) is 3.97. The van der Waals surface area contributed by atoms with Gasteiger partial charge in [-0.05, 0) is 30.7 Å². The Bertz CT molecular complexity index is 1100. The average molecular weight is 380 g/mol. The number of rotatable bonds is 2. The van der Waals surface area contributed by atoms with E-state index in [4.69, 9.17) is 10.1 Å². The lowest BCUT2D eigenvalue weighted by molar-refractivity contribution is 0.425. The Labute approximate surface area is 157 Å². The molecule has 8 heteroatoms. The Morgan fingerprint density at radius 1 is 1.30 bits per heavy atom. The molecule has 1 aromatic heterocycles. The largest absolute Gasteiger partial charge is 0.440 e. The molecular formula is C19H16N4O3S. The molecule has 0 saturated heterocycles. The van der Waals surface area contributed by atoms with E-state index < -0.39 is 21.9 Å². The van der Waals surface area contributed by atoms with Crippen LogP contribution in [0.25, 0.3) is 5.76 Å². The number of nitriles is 1. The van der Waals surface area contributed by atoms with Gasteiger partial charge in [-0.15, -0.1) is 0 Å². The van der Waals surface area contributed by atoms with Crippen LogP contribution in [0.5, 0.6) is 0 Å². The first-order chi connectivity index (χ1) is 13.0. The highest BCUT2D eigenvalue weighted by atomic mass is 32.2. The highest BCUT2D eigenvalue weighted by molar-refractivity contribution is 7.97. The quantitative estimate of drug-likeness (QED) is 0.862. The highest BCUT2D eigenvalue weighted by Gasteiger charge is 2.49. The molecule has 2 aliphatic rings. The monoisotopic (exact) mass is 380 g/mol. The fraction of sp³-hybridized carbons (Fsp3) is 0.211. The summed E-state index contributed by atoms with van der Waals surface area (Å²) in [7, 11) is -3.94. The van der Waals surface area contributed by atoms with Gasteiger partial charge in [0.25, 0.3) is 10.0 Å². The smallest absolute Gasteiger partial charge is 0.264 e. The number of nitrogens with zero attached hydrogens (tertiary/aromatic N) is 3. The summed E-state index contributed by atoms with van der Waals surface area (Å²) in [5.74, 6) is -2.04. The van der Waals surface area contributed by atoms with Crippen molar-refractivity contribution in [3.8, 4) is 6.07 Å². The van der Waals surface area contributed by atoms with Crippen LogP contribution >= 0.6 is 0 Å². The molecule has 1 aromatic carbocycles. The van der Waals surface area contributed by atoms with Crippen LogP contribution in [-0.2, 0) is 14.8 Å². The van der Waals surface area contributed by atoms with Gasteiger partial charge in [0.2, 0.25) is 5.90 Å². The van der Waals surface area contributed by atoms with Crippen LogP contribution in [0.15, 0.2) is 53.7 Å². The van der Waals surface area contributed by atoms with Crippen molar-refractivity contribution in [2.45, 2.75) is 12.8 Å². The summed E-state index contributed by atoms with van der Waals surface area (Å²) in [6, 6.07) is 12.5. The third kappa shape index (κ3) is 2.43. The van der Waals surface area contributed by atoms with Crippen molar-refractivity contribution in [1.82, 2.24) is 4.98 Å². The molecule has 27 heavy (non-hydrogen) atoms. The summed E-state index contributed by atoms with van der Waals surface area (Å²) in [6.45, 7) is 2.00. The summed E-state index contributed by atoms with van der Waals surface area (Å²) in [5, 5.41) is 17.9. The van der Waals surface area contributed by atoms with Gasteiger partial charge in [-0.3, -0.25) is 14.7 Å². The molecule has 2 aromatic rings. The summed E-state index contributed by atoms with van der Waals surface area (Å²) >= 11 is 0. The van der Waals surface area contributed by atoms with Gasteiger partial charge in [0.05, 0.1) is 17.7 Å². The van der Waals surface area contributed by atoms with Crippen molar-refractivity contribution in [3.63, 3.8) is 0 Å². The van der Waals surface area contributed by atoms with Gasteiger partial charge in [0, 0.05) is 24.5 Å². The second kappa shape index (κ2) is 6.21. The van der Waals surface area contributed by atoms with Crippen molar-refractivity contribution < 1.29 is 13.2 Å². The van der Waals surface area contributed by atoms with Gasteiger partial charge in [-0.2, -0.15) is 5.26 Å². The standard InChI is InChI=1S/C19H16N4O3S/c1-2-23-15-8-4-3-7-13(15)17-18(27(23,24)25)16(12-6-5-9-22-11-12)14(10-20)19(21)26-17/h3-9,11,14,16,21H,2H2,1H3. The minimum Gasteiger partial charge on any atom is -0.440 e. The Morgan fingerprint density at radius 2 is 2.07 bits per heavy atom. The maximum Gasteiger partial charge on any atom is 0.264 e. The lowest BCUT2D eigenvalue weighted by Crippen LogP contribution is -2.42. The SMILES string of the molecule is CCN1c2ccccc2C2=C(C(c3cccnc3)C(C#N)C(=N)O2)S1(=O)=O. The second-order valence-corrected chi connectivity index (χ2v) is 8.05. The number of hydrogen-bond donors (Lipinski definition) is 1. The Balaban J connectivity index is 2.08. The molecule has 0 spiro atoms. The van der Waals surface area contributed by atoms with Crippen molar-refractivity contribution in [1.29, 1.82) is 10.7 Å².